The van der Waals surface area contributed by atoms with Gasteiger partial charge in [-0.2, -0.15) is 22.7 Å². The van der Waals surface area contributed by atoms with Gasteiger partial charge in [0, 0.05) is 0 Å². The monoisotopic (exact) mass is 306 g/mol. The first-order chi connectivity index (χ1) is 10.5. The third kappa shape index (κ3) is 2.47. The van der Waals surface area contributed by atoms with Crippen molar-refractivity contribution in [3.05, 3.63) is 72.3 Å². The van der Waals surface area contributed by atoms with Crippen molar-refractivity contribution < 1.29 is 17.6 Å². The van der Waals surface area contributed by atoms with Gasteiger partial charge in [0.05, 0.1) is 11.3 Å². The summed E-state index contributed by atoms with van der Waals surface area (Å²) in [5.41, 5.74) is -1.42. The van der Waals surface area contributed by atoms with Crippen molar-refractivity contribution in [1.82, 2.24) is 9.78 Å². The molecule has 0 spiro atoms. The fourth-order valence-corrected chi connectivity index (χ4v) is 2.20. The molecular weight excluding hydrogens is 296 g/mol. The Morgan fingerprint density at radius 2 is 1.36 bits per heavy atom. The molecule has 3 rings (SSSR count). The highest BCUT2D eigenvalue weighted by Crippen LogP contribution is 2.38. The fourth-order valence-electron chi connectivity index (χ4n) is 2.20. The predicted octanol–water partition coefficient (Wildman–Crippen LogP) is 4.70. The lowest BCUT2D eigenvalue weighted by atomic mass is 10.1. The standard InChI is InChI=1S/C16H10F4N2/c17-15-13(11-7-3-1-4-8-11)14(16(18,19)20)21-22(15)12-9-5-2-6-10-12/h1-10H. The van der Waals surface area contributed by atoms with Crippen LogP contribution < -0.4 is 0 Å². The van der Waals surface area contributed by atoms with Crippen LogP contribution in [0, 0.1) is 5.95 Å². The Kier molecular flexibility index (Phi) is 3.44. The number of benzene rings is 2. The molecule has 0 radical (unpaired) electrons. The Labute approximate surface area is 123 Å². The molecule has 1 heterocycles. The molecule has 0 aliphatic heterocycles. The molecule has 2 nitrogen and oxygen atoms in total. The Hall–Kier alpha value is -2.63. The summed E-state index contributed by atoms with van der Waals surface area (Å²) in [5.74, 6) is -1.04. The molecule has 0 amide bonds. The van der Waals surface area contributed by atoms with Crippen molar-refractivity contribution in [2.24, 2.45) is 0 Å². The lowest BCUT2D eigenvalue weighted by Crippen LogP contribution is -2.08. The summed E-state index contributed by atoms with van der Waals surface area (Å²) in [6.45, 7) is 0. The Morgan fingerprint density at radius 3 is 1.91 bits per heavy atom. The van der Waals surface area contributed by atoms with Crippen LogP contribution in [0.5, 0.6) is 0 Å². The third-order valence-electron chi connectivity index (χ3n) is 3.16. The molecule has 0 saturated carbocycles. The second-order valence-corrected chi connectivity index (χ2v) is 4.63. The molecule has 0 aliphatic rings. The zero-order valence-electron chi connectivity index (χ0n) is 11.2. The minimum absolute atomic E-state index is 0.134. The second kappa shape index (κ2) is 5.29. The topological polar surface area (TPSA) is 17.8 Å². The zero-order chi connectivity index (χ0) is 15.7. The van der Waals surface area contributed by atoms with Crippen molar-refractivity contribution in [3.63, 3.8) is 0 Å². The number of para-hydroxylation sites is 1. The van der Waals surface area contributed by atoms with E-state index in [0.717, 1.165) is 0 Å². The van der Waals surface area contributed by atoms with Crippen LogP contribution in [0.25, 0.3) is 16.8 Å². The van der Waals surface area contributed by atoms with Gasteiger partial charge in [0.2, 0.25) is 5.95 Å². The van der Waals surface area contributed by atoms with Crippen LogP contribution in [0.2, 0.25) is 0 Å². The predicted molar refractivity (Wildman–Crippen MR) is 74.0 cm³/mol. The van der Waals surface area contributed by atoms with Crippen molar-refractivity contribution in [2.45, 2.75) is 6.18 Å². The second-order valence-electron chi connectivity index (χ2n) is 4.63. The lowest BCUT2D eigenvalue weighted by molar-refractivity contribution is -0.140. The molecule has 0 atom stereocenters. The normalized spacial score (nSPS) is 11.6. The Morgan fingerprint density at radius 1 is 0.818 bits per heavy atom. The number of halogens is 4. The van der Waals surface area contributed by atoms with Gasteiger partial charge in [0.1, 0.15) is 0 Å². The van der Waals surface area contributed by atoms with E-state index >= 15 is 0 Å². The van der Waals surface area contributed by atoms with Gasteiger partial charge in [-0.1, -0.05) is 48.5 Å². The first-order valence-corrected chi connectivity index (χ1v) is 6.45. The number of aromatic nitrogens is 2. The van der Waals surface area contributed by atoms with E-state index in [0.29, 0.717) is 4.68 Å². The molecule has 0 saturated heterocycles. The van der Waals surface area contributed by atoms with Gasteiger partial charge in [0.25, 0.3) is 0 Å². The van der Waals surface area contributed by atoms with Gasteiger partial charge in [0.15, 0.2) is 5.69 Å². The molecule has 0 aliphatic carbocycles. The summed E-state index contributed by atoms with van der Waals surface area (Å²) in [5, 5.41) is 3.44. The number of nitrogens with zero attached hydrogens (tertiary/aromatic N) is 2. The number of rotatable bonds is 2. The molecule has 0 N–H and O–H groups in total. The van der Waals surface area contributed by atoms with E-state index in [2.05, 4.69) is 5.10 Å². The van der Waals surface area contributed by atoms with Crippen LogP contribution in [0.3, 0.4) is 0 Å². The maximum atomic E-state index is 14.6. The molecule has 0 bridgehead atoms. The fraction of sp³-hybridized carbons (Fsp3) is 0.0625. The van der Waals surface area contributed by atoms with E-state index < -0.39 is 23.4 Å². The maximum absolute atomic E-state index is 14.6. The molecule has 112 valence electrons. The third-order valence-corrected chi connectivity index (χ3v) is 3.16. The van der Waals surface area contributed by atoms with Gasteiger partial charge in [-0.15, -0.1) is 0 Å². The van der Waals surface area contributed by atoms with Gasteiger partial charge in [-0.25, -0.2) is 4.68 Å². The van der Waals surface area contributed by atoms with E-state index in [1.54, 1.807) is 36.4 Å². The summed E-state index contributed by atoms with van der Waals surface area (Å²) < 4.78 is 54.9. The van der Waals surface area contributed by atoms with Gasteiger partial charge >= 0.3 is 6.18 Å². The smallest absolute Gasteiger partial charge is 0.206 e. The van der Waals surface area contributed by atoms with Gasteiger partial charge < -0.3 is 0 Å². The van der Waals surface area contributed by atoms with Gasteiger partial charge in [-0.05, 0) is 17.7 Å². The van der Waals surface area contributed by atoms with Crippen molar-refractivity contribution in [2.75, 3.05) is 0 Å². The van der Waals surface area contributed by atoms with E-state index in [1.807, 2.05) is 0 Å². The highest BCUT2D eigenvalue weighted by Gasteiger charge is 2.40. The summed E-state index contributed by atoms with van der Waals surface area (Å²) in [6.07, 6.45) is -4.74. The van der Waals surface area contributed by atoms with E-state index in [4.69, 9.17) is 0 Å². The Bertz CT molecular complexity index is 777. The van der Waals surface area contributed by atoms with Crippen molar-refractivity contribution in [1.29, 1.82) is 0 Å². The summed E-state index contributed by atoms with van der Waals surface area (Å²) in [6, 6.07) is 15.5. The molecule has 22 heavy (non-hydrogen) atoms. The molecule has 6 heteroatoms. The van der Waals surface area contributed by atoms with Crippen molar-refractivity contribution >= 4 is 0 Å². The van der Waals surface area contributed by atoms with Crippen molar-refractivity contribution in [3.8, 4) is 16.8 Å². The molecule has 1 aromatic heterocycles. The molecule has 3 aromatic rings. The van der Waals surface area contributed by atoms with Crippen LogP contribution in [0.15, 0.2) is 60.7 Å². The quantitative estimate of drug-likeness (QED) is 0.628. The zero-order valence-corrected chi connectivity index (χ0v) is 11.2. The maximum Gasteiger partial charge on any atom is 0.435 e. The van der Waals surface area contributed by atoms with Crippen LogP contribution in [0.4, 0.5) is 17.6 Å². The highest BCUT2D eigenvalue weighted by atomic mass is 19.4. The van der Waals surface area contributed by atoms with Crippen LogP contribution in [-0.4, -0.2) is 9.78 Å². The summed E-state index contributed by atoms with van der Waals surface area (Å²) in [4.78, 5) is 0. The number of alkyl halides is 3. The van der Waals surface area contributed by atoms with Crippen LogP contribution in [0.1, 0.15) is 5.69 Å². The van der Waals surface area contributed by atoms with E-state index in [9.17, 15) is 17.6 Å². The van der Waals surface area contributed by atoms with E-state index in [-0.39, 0.29) is 11.3 Å². The SMILES string of the molecule is Fc1c(-c2ccccc2)c(C(F)(F)F)nn1-c1ccccc1. The first-order valence-electron chi connectivity index (χ1n) is 6.45. The minimum Gasteiger partial charge on any atom is -0.206 e. The Balaban J connectivity index is 2.27. The largest absolute Gasteiger partial charge is 0.435 e. The van der Waals surface area contributed by atoms with Crippen LogP contribution in [-0.2, 0) is 6.18 Å². The molecule has 0 unspecified atom stereocenters. The average molecular weight is 306 g/mol. The van der Waals surface area contributed by atoms with Crippen LogP contribution >= 0.6 is 0 Å². The molecule has 0 fully saturated rings. The first kappa shape index (κ1) is 14.3. The van der Waals surface area contributed by atoms with Gasteiger partial charge in [-0.3, -0.25) is 0 Å². The molecular formula is C16H10F4N2. The van der Waals surface area contributed by atoms with E-state index in [1.165, 1.54) is 24.3 Å². The number of hydrogen-bond acceptors (Lipinski definition) is 1. The number of hydrogen-bond donors (Lipinski definition) is 0. The lowest BCUT2D eigenvalue weighted by Gasteiger charge is -2.05. The average Bonchev–Trinajstić information content (AvgIpc) is 2.87. The summed E-state index contributed by atoms with van der Waals surface area (Å²) >= 11 is 0. The molecule has 2 aromatic carbocycles. The minimum atomic E-state index is -4.74. The highest BCUT2D eigenvalue weighted by molar-refractivity contribution is 5.67. The summed E-state index contributed by atoms with van der Waals surface area (Å²) in [7, 11) is 0.